The second-order valence-electron chi connectivity index (χ2n) is 7.60. The van der Waals surface area contributed by atoms with Gasteiger partial charge in [0.05, 0.1) is 5.60 Å². The summed E-state index contributed by atoms with van der Waals surface area (Å²) in [6.45, 7) is 10.6. The molecule has 0 bridgehead atoms. The van der Waals surface area contributed by atoms with Crippen LogP contribution in [0.5, 0.6) is 0 Å². The van der Waals surface area contributed by atoms with Crippen LogP contribution >= 0.6 is 0 Å². The monoisotopic (exact) mass is 269 g/mol. The maximum Gasteiger partial charge on any atom is 0.329 e. The summed E-state index contributed by atoms with van der Waals surface area (Å²) in [5, 5.41) is 8.68. The quantitative estimate of drug-likeness (QED) is 0.851. The van der Waals surface area contributed by atoms with Gasteiger partial charge in [-0.05, 0) is 37.5 Å². The number of carbonyl (C=O) groups is 1. The summed E-state index contributed by atoms with van der Waals surface area (Å²) in [5.41, 5.74) is 0.166. The molecule has 1 heterocycles. The van der Waals surface area contributed by atoms with E-state index in [-0.39, 0.29) is 12.2 Å². The molecule has 0 aromatic rings. The molecule has 4 heteroatoms. The zero-order chi connectivity index (χ0) is 14.3. The molecule has 1 aliphatic carbocycles. The zero-order valence-electron chi connectivity index (χ0n) is 12.6. The number of likely N-dealkylation sites (tertiary alicyclic amines) is 1. The molecule has 1 aliphatic heterocycles. The average Bonchev–Trinajstić information content (AvgIpc) is 2.19. The highest BCUT2D eigenvalue weighted by Crippen LogP contribution is 2.42. The van der Waals surface area contributed by atoms with Gasteiger partial charge in [0.15, 0.2) is 0 Å². The number of hydrogen-bond acceptors (Lipinski definition) is 3. The number of carboxylic acid groups (broad SMARTS) is 1. The summed E-state index contributed by atoms with van der Waals surface area (Å²) >= 11 is 0. The Bertz CT molecular complexity index is 347. The number of carboxylic acids is 1. The first-order valence-corrected chi connectivity index (χ1v) is 7.29. The molecule has 2 aliphatic rings. The topological polar surface area (TPSA) is 49.8 Å². The molecule has 1 saturated carbocycles. The molecule has 0 amide bonds. The van der Waals surface area contributed by atoms with E-state index in [0.29, 0.717) is 11.5 Å². The summed E-state index contributed by atoms with van der Waals surface area (Å²) in [7, 11) is 0. The molecule has 0 aromatic carbocycles. The van der Waals surface area contributed by atoms with Crippen LogP contribution in [0.1, 0.15) is 47.0 Å². The Morgan fingerprint density at radius 1 is 1.32 bits per heavy atom. The lowest BCUT2D eigenvalue weighted by Gasteiger charge is -2.54. The Hall–Kier alpha value is -0.610. The first-order valence-electron chi connectivity index (χ1n) is 7.29. The molecular weight excluding hydrogens is 242 g/mol. The third-order valence-electron chi connectivity index (χ3n) is 4.50. The number of ether oxygens (including phenoxy) is 1. The molecular formula is C15H27NO3. The molecule has 19 heavy (non-hydrogen) atoms. The van der Waals surface area contributed by atoms with E-state index in [4.69, 9.17) is 9.84 Å². The highest BCUT2D eigenvalue weighted by Gasteiger charge is 2.46. The smallest absolute Gasteiger partial charge is 0.329 e. The molecule has 0 spiro atoms. The van der Waals surface area contributed by atoms with Gasteiger partial charge < -0.3 is 9.84 Å². The number of rotatable bonds is 4. The van der Waals surface area contributed by atoms with Crippen LogP contribution in [-0.4, -0.2) is 47.3 Å². The third kappa shape index (κ3) is 3.69. The van der Waals surface area contributed by atoms with Gasteiger partial charge in [0.1, 0.15) is 6.61 Å². The molecule has 0 aromatic heterocycles. The van der Waals surface area contributed by atoms with Crippen molar-refractivity contribution in [2.75, 3.05) is 19.7 Å². The van der Waals surface area contributed by atoms with Crippen molar-refractivity contribution in [1.82, 2.24) is 4.90 Å². The van der Waals surface area contributed by atoms with E-state index >= 15 is 0 Å². The van der Waals surface area contributed by atoms with Gasteiger partial charge >= 0.3 is 5.97 Å². The lowest BCUT2D eigenvalue weighted by molar-refractivity contribution is -0.173. The molecule has 0 radical (unpaired) electrons. The first kappa shape index (κ1) is 14.8. The van der Waals surface area contributed by atoms with E-state index < -0.39 is 5.97 Å². The van der Waals surface area contributed by atoms with Crippen molar-refractivity contribution >= 4 is 5.97 Å². The number of hydrogen-bond donors (Lipinski definition) is 1. The Morgan fingerprint density at radius 2 is 1.95 bits per heavy atom. The summed E-state index contributed by atoms with van der Waals surface area (Å²) in [6.07, 6.45) is 3.81. The first-order chi connectivity index (χ1) is 8.69. The van der Waals surface area contributed by atoms with E-state index in [1.807, 2.05) is 6.92 Å². The predicted octanol–water partition coefficient (Wildman–Crippen LogP) is 2.38. The zero-order valence-corrected chi connectivity index (χ0v) is 12.6. The fourth-order valence-electron chi connectivity index (χ4n) is 3.97. The van der Waals surface area contributed by atoms with Crippen LogP contribution in [0, 0.1) is 11.3 Å². The maximum atomic E-state index is 10.6. The van der Waals surface area contributed by atoms with E-state index in [1.54, 1.807) is 0 Å². The summed E-state index contributed by atoms with van der Waals surface area (Å²) < 4.78 is 5.49. The van der Waals surface area contributed by atoms with Gasteiger partial charge in [0.2, 0.25) is 0 Å². The van der Waals surface area contributed by atoms with Gasteiger partial charge in [0, 0.05) is 19.1 Å². The van der Waals surface area contributed by atoms with Crippen LogP contribution in [0.3, 0.4) is 0 Å². The SMILES string of the molecule is CC1CC(N2CC(C)(OCC(=O)O)C2)CC(C)(C)C1. The normalized spacial score (nSPS) is 33.7. The Kier molecular flexibility index (Phi) is 3.94. The minimum absolute atomic E-state index is 0.184. The average molecular weight is 269 g/mol. The number of aliphatic carboxylic acids is 1. The van der Waals surface area contributed by atoms with Crippen LogP contribution in [-0.2, 0) is 9.53 Å². The van der Waals surface area contributed by atoms with Gasteiger partial charge in [-0.15, -0.1) is 0 Å². The second-order valence-corrected chi connectivity index (χ2v) is 7.60. The summed E-state index contributed by atoms with van der Waals surface area (Å²) in [5.74, 6) is -0.104. The number of nitrogens with zero attached hydrogens (tertiary/aromatic N) is 1. The van der Waals surface area contributed by atoms with Crippen LogP contribution < -0.4 is 0 Å². The second kappa shape index (κ2) is 5.06. The fourth-order valence-corrected chi connectivity index (χ4v) is 3.97. The maximum absolute atomic E-state index is 10.6. The van der Waals surface area contributed by atoms with Crippen molar-refractivity contribution in [3.63, 3.8) is 0 Å². The van der Waals surface area contributed by atoms with Gasteiger partial charge in [0.25, 0.3) is 0 Å². The van der Waals surface area contributed by atoms with Crippen molar-refractivity contribution in [3.05, 3.63) is 0 Å². The van der Waals surface area contributed by atoms with E-state index in [1.165, 1.54) is 19.3 Å². The largest absolute Gasteiger partial charge is 0.480 e. The molecule has 1 saturated heterocycles. The van der Waals surface area contributed by atoms with Crippen molar-refractivity contribution < 1.29 is 14.6 Å². The highest BCUT2D eigenvalue weighted by molar-refractivity contribution is 5.68. The molecule has 1 N–H and O–H groups in total. The van der Waals surface area contributed by atoms with Crippen LogP contribution in [0.15, 0.2) is 0 Å². The lowest BCUT2D eigenvalue weighted by atomic mass is 9.69. The van der Waals surface area contributed by atoms with Crippen molar-refractivity contribution in [1.29, 1.82) is 0 Å². The van der Waals surface area contributed by atoms with Gasteiger partial charge in [-0.3, -0.25) is 4.90 Å². The molecule has 2 fully saturated rings. The molecule has 4 nitrogen and oxygen atoms in total. The minimum atomic E-state index is -0.882. The highest BCUT2D eigenvalue weighted by atomic mass is 16.5. The third-order valence-corrected chi connectivity index (χ3v) is 4.50. The van der Waals surface area contributed by atoms with E-state index in [9.17, 15) is 4.79 Å². The van der Waals surface area contributed by atoms with Gasteiger partial charge in [-0.25, -0.2) is 4.79 Å². The van der Waals surface area contributed by atoms with Crippen molar-refractivity contribution in [3.8, 4) is 0 Å². The van der Waals surface area contributed by atoms with Crippen LogP contribution in [0.25, 0.3) is 0 Å². The van der Waals surface area contributed by atoms with Gasteiger partial charge in [-0.1, -0.05) is 20.8 Å². The van der Waals surface area contributed by atoms with Crippen LogP contribution in [0.4, 0.5) is 0 Å². The minimum Gasteiger partial charge on any atom is -0.480 e. The predicted molar refractivity (Wildman–Crippen MR) is 74.1 cm³/mol. The Balaban J connectivity index is 1.84. The van der Waals surface area contributed by atoms with E-state index in [2.05, 4.69) is 25.7 Å². The lowest BCUT2D eigenvalue weighted by Crippen LogP contribution is -2.65. The van der Waals surface area contributed by atoms with Crippen molar-refractivity contribution in [2.45, 2.75) is 58.6 Å². The van der Waals surface area contributed by atoms with Crippen LogP contribution in [0.2, 0.25) is 0 Å². The Morgan fingerprint density at radius 3 is 2.47 bits per heavy atom. The molecule has 2 rings (SSSR count). The van der Waals surface area contributed by atoms with E-state index in [0.717, 1.165) is 19.0 Å². The molecule has 2 unspecified atom stereocenters. The van der Waals surface area contributed by atoms with Gasteiger partial charge in [-0.2, -0.15) is 0 Å². The standard InChI is InChI=1S/C15H27NO3/c1-11-5-12(7-14(2,3)6-11)16-9-15(4,10-16)19-8-13(17)18/h11-12H,5-10H2,1-4H3,(H,17,18). The summed E-state index contributed by atoms with van der Waals surface area (Å²) in [4.78, 5) is 13.0. The van der Waals surface area contributed by atoms with Crippen molar-refractivity contribution in [2.24, 2.45) is 11.3 Å². The summed E-state index contributed by atoms with van der Waals surface area (Å²) in [6, 6.07) is 0.639. The molecule has 2 atom stereocenters. The Labute approximate surface area is 116 Å². The fraction of sp³-hybridized carbons (Fsp3) is 0.933. The molecule has 110 valence electrons.